The first-order chi connectivity index (χ1) is 15.0. The first-order valence-corrected chi connectivity index (χ1v) is 10.5. The Morgan fingerprint density at radius 3 is 2.10 bits per heavy atom. The Morgan fingerprint density at radius 1 is 0.806 bits per heavy atom. The minimum atomic E-state index is -0.241. The molecule has 1 aliphatic rings. The number of carbonyl (C=O) groups excluding carboxylic acids is 3. The summed E-state index contributed by atoms with van der Waals surface area (Å²) in [5, 5.41) is 4.86. The highest BCUT2D eigenvalue weighted by molar-refractivity contribution is 6.30. The number of nitrogens with two attached hydrogens (primary N) is 1. The van der Waals surface area contributed by atoms with Crippen LogP contribution in [-0.2, 0) is 4.79 Å². The number of benzene rings is 3. The van der Waals surface area contributed by atoms with Crippen molar-refractivity contribution in [3.05, 3.63) is 101 Å². The molecule has 0 aliphatic heterocycles. The fraction of sp³-hybridized carbons (Fsp3) is 0.192. The molecule has 5 nitrogen and oxygen atoms in total. The molecule has 1 aliphatic carbocycles. The van der Waals surface area contributed by atoms with E-state index in [-0.39, 0.29) is 35.6 Å². The van der Waals surface area contributed by atoms with Gasteiger partial charge >= 0.3 is 0 Å². The molecular formula is C26H25N2O3+. The molecule has 0 heterocycles. The molecule has 0 saturated heterocycles. The molecule has 31 heavy (non-hydrogen) atoms. The van der Waals surface area contributed by atoms with E-state index in [9.17, 15) is 14.4 Å². The zero-order valence-electron chi connectivity index (χ0n) is 17.6. The third-order valence-electron chi connectivity index (χ3n) is 5.69. The summed E-state index contributed by atoms with van der Waals surface area (Å²) >= 11 is 0. The normalized spacial score (nSPS) is 13.5. The van der Waals surface area contributed by atoms with Crippen molar-refractivity contribution in [3.63, 3.8) is 0 Å². The van der Waals surface area contributed by atoms with Crippen molar-refractivity contribution in [3.8, 4) is 0 Å². The van der Waals surface area contributed by atoms with Gasteiger partial charge in [-0.15, -0.1) is 0 Å². The SMILES string of the molecule is CC(C)[C@H]([NH2+]CC(=O)Nc1cccc2c1C(=O)c1ccccc1C2=O)c1ccccc1. The van der Waals surface area contributed by atoms with E-state index in [1.807, 2.05) is 23.5 Å². The summed E-state index contributed by atoms with van der Waals surface area (Å²) in [6.07, 6.45) is 0. The van der Waals surface area contributed by atoms with Gasteiger partial charge in [0.15, 0.2) is 18.1 Å². The Morgan fingerprint density at radius 2 is 1.42 bits per heavy atom. The van der Waals surface area contributed by atoms with E-state index < -0.39 is 0 Å². The van der Waals surface area contributed by atoms with Crippen LogP contribution in [0.5, 0.6) is 0 Å². The predicted molar refractivity (Wildman–Crippen MR) is 119 cm³/mol. The lowest BCUT2D eigenvalue weighted by molar-refractivity contribution is -0.692. The fourth-order valence-corrected chi connectivity index (χ4v) is 4.15. The van der Waals surface area contributed by atoms with E-state index in [1.165, 1.54) is 5.56 Å². The van der Waals surface area contributed by atoms with Crippen LogP contribution in [-0.4, -0.2) is 24.0 Å². The molecule has 0 radical (unpaired) electrons. The molecule has 156 valence electrons. The molecule has 3 aromatic carbocycles. The number of hydrogen-bond donors (Lipinski definition) is 2. The molecule has 3 aromatic rings. The van der Waals surface area contributed by atoms with Crippen LogP contribution >= 0.6 is 0 Å². The van der Waals surface area contributed by atoms with Crippen molar-refractivity contribution in [2.75, 3.05) is 11.9 Å². The first-order valence-electron chi connectivity index (χ1n) is 10.5. The van der Waals surface area contributed by atoms with Gasteiger partial charge in [0.1, 0.15) is 6.04 Å². The standard InChI is InChI=1S/C26H24N2O3/c1-16(2)24(17-9-4-3-5-10-17)27-15-22(29)28-21-14-8-13-20-23(21)26(31)19-12-7-6-11-18(19)25(20)30/h3-14,16,24,27H,15H2,1-2H3,(H,28,29)/p+1/t24-/m0/s1. The third-order valence-corrected chi connectivity index (χ3v) is 5.69. The highest BCUT2D eigenvalue weighted by Crippen LogP contribution is 2.31. The second kappa shape index (κ2) is 8.66. The Hall–Kier alpha value is -3.57. The van der Waals surface area contributed by atoms with E-state index in [2.05, 4.69) is 31.3 Å². The molecule has 0 bridgehead atoms. The Labute approximate surface area is 181 Å². The van der Waals surface area contributed by atoms with Crippen LogP contribution in [0.2, 0.25) is 0 Å². The summed E-state index contributed by atoms with van der Waals surface area (Å²) in [4.78, 5) is 38.7. The van der Waals surface area contributed by atoms with Gasteiger partial charge in [0.2, 0.25) is 0 Å². The molecule has 0 unspecified atom stereocenters. The zero-order valence-corrected chi connectivity index (χ0v) is 17.6. The summed E-state index contributed by atoms with van der Waals surface area (Å²) in [7, 11) is 0. The number of nitrogens with one attached hydrogen (secondary N) is 1. The molecule has 5 heteroatoms. The number of carbonyl (C=O) groups is 3. The second-order valence-corrected chi connectivity index (χ2v) is 8.10. The smallest absolute Gasteiger partial charge is 0.279 e. The number of amides is 1. The van der Waals surface area contributed by atoms with Gasteiger partial charge in [0.05, 0.1) is 11.3 Å². The van der Waals surface area contributed by atoms with Gasteiger partial charge in [0, 0.05) is 28.2 Å². The number of rotatable bonds is 6. The van der Waals surface area contributed by atoms with Crippen LogP contribution in [0.3, 0.4) is 0 Å². The summed E-state index contributed by atoms with van der Waals surface area (Å²) in [6.45, 7) is 4.46. The highest BCUT2D eigenvalue weighted by Gasteiger charge is 2.31. The van der Waals surface area contributed by atoms with Crippen LogP contribution in [0.4, 0.5) is 5.69 Å². The minimum Gasteiger partial charge on any atom is -0.332 e. The molecule has 0 aromatic heterocycles. The number of anilines is 1. The average Bonchev–Trinajstić information content (AvgIpc) is 2.78. The average molecular weight is 413 g/mol. The monoisotopic (exact) mass is 413 g/mol. The zero-order chi connectivity index (χ0) is 22.0. The molecule has 4 rings (SSSR count). The summed E-state index contributed by atoms with van der Waals surface area (Å²) in [6, 6.07) is 22.0. The second-order valence-electron chi connectivity index (χ2n) is 8.10. The van der Waals surface area contributed by atoms with Crippen molar-refractivity contribution in [1.29, 1.82) is 0 Å². The van der Waals surface area contributed by atoms with E-state index >= 15 is 0 Å². The van der Waals surface area contributed by atoms with Crippen LogP contribution in [0, 0.1) is 5.92 Å². The molecule has 0 fully saturated rings. The van der Waals surface area contributed by atoms with E-state index in [4.69, 9.17) is 0 Å². The van der Waals surface area contributed by atoms with Gasteiger partial charge < -0.3 is 10.6 Å². The lowest BCUT2D eigenvalue weighted by Gasteiger charge is -2.21. The quantitative estimate of drug-likeness (QED) is 0.509. The lowest BCUT2D eigenvalue weighted by atomic mass is 9.83. The topological polar surface area (TPSA) is 79.8 Å². The maximum absolute atomic E-state index is 13.1. The predicted octanol–water partition coefficient (Wildman–Crippen LogP) is 3.36. The van der Waals surface area contributed by atoms with Gasteiger partial charge in [-0.25, -0.2) is 0 Å². The number of hydrogen-bond acceptors (Lipinski definition) is 3. The van der Waals surface area contributed by atoms with Gasteiger partial charge in [-0.2, -0.15) is 0 Å². The van der Waals surface area contributed by atoms with Crippen LogP contribution in [0.15, 0.2) is 72.8 Å². The van der Waals surface area contributed by atoms with E-state index in [0.29, 0.717) is 28.3 Å². The van der Waals surface area contributed by atoms with Crippen LogP contribution in [0.1, 0.15) is 57.3 Å². The Bertz CT molecular complexity index is 1150. The largest absolute Gasteiger partial charge is 0.332 e. The maximum atomic E-state index is 13.1. The Kier molecular flexibility index (Phi) is 5.78. The third kappa shape index (κ3) is 4.05. The molecule has 0 saturated carbocycles. The lowest BCUT2D eigenvalue weighted by Crippen LogP contribution is -2.88. The molecule has 3 N–H and O–H groups in total. The molecule has 1 atom stereocenters. The van der Waals surface area contributed by atoms with Gasteiger partial charge in [-0.05, 0) is 6.07 Å². The number of ketones is 2. The van der Waals surface area contributed by atoms with E-state index in [0.717, 1.165) is 0 Å². The van der Waals surface area contributed by atoms with Crippen molar-refractivity contribution in [2.24, 2.45) is 5.92 Å². The fourth-order valence-electron chi connectivity index (χ4n) is 4.15. The summed E-state index contributed by atoms with van der Waals surface area (Å²) in [5.74, 6) is -0.310. The van der Waals surface area contributed by atoms with Crippen molar-refractivity contribution in [1.82, 2.24) is 0 Å². The van der Waals surface area contributed by atoms with Crippen molar-refractivity contribution < 1.29 is 19.7 Å². The van der Waals surface area contributed by atoms with Gasteiger partial charge in [-0.3, -0.25) is 14.4 Å². The van der Waals surface area contributed by atoms with Crippen molar-refractivity contribution >= 4 is 23.2 Å². The Balaban J connectivity index is 1.54. The van der Waals surface area contributed by atoms with E-state index in [1.54, 1.807) is 42.5 Å². The van der Waals surface area contributed by atoms with Crippen LogP contribution in [0.25, 0.3) is 0 Å². The molecule has 1 amide bonds. The minimum absolute atomic E-state index is 0.145. The van der Waals surface area contributed by atoms with Crippen LogP contribution < -0.4 is 10.6 Å². The maximum Gasteiger partial charge on any atom is 0.279 e. The summed E-state index contributed by atoms with van der Waals surface area (Å²) in [5.41, 5.74) is 2.92. The first kappa shape index (κ1) is 20.7. The highest BCUT2D eigenvalue weighted by atomic mass is 16.2. The molecular weight excluding hydrogens is 388 g/mol. The summed E-state index contributed by atoms with van der Waals surface area (Å²) < 4.78 is 0. The number of fused-ring (bicyclic) bond motifs is 2. The van der Waals surface area contributed by atoms with Crippen molar-refractivity contribution in [2.45, 2.75) is 19.9 Å². The molecule has 0 spiro atoms. The van der Waals surface area contributed by atoms with Gasteiger partial charge in [0.25, 0.3) is 5.91 Å². The number of quaternary nitrogens is 1. The van der Waals surface area contributed by atoms with Gasteiger partial charge in [-0.1, -0.05) is 80.6 Å².